The zero-order valence-corrected chi connectivity index (χ0v) is 12.3. The Bertz CT molecular complexity index is 590. The van der Waals surface area contributed by atoms with Gasteiger partial charge < -0.3 is 4.74 Å². The monoisotopic (exact) mass is 331 g/mol. The van der Waals surface area contributed by atoms with Crippen molar-refractivity contribution in [1.29, 1.82) is 0 Å². The minimum atomic E-state index is -4.41. The Kier molecular flexibility index (Phi) is 4.13. The lowest BCUT2D eigenvalue weighted by Gasteiger charge is -2.19. The molecule has 2 aliphatic rings. The van der Waals surface area contributed by atoms with Crippen molar-refractivity contribution in [2.45, 2.75) is 38.6 Å². The number of rotatable bonds is 4. The number of anilines is 1. The molecule has 0 aromatic carbocycles. The summed E-state index contributed by atoms with van der Waals surface area (Å²) in [6.07, 6.45) is 1.50. The Morgan fingerprint density at radius 1 is 1.17 bits per heavy atom. The van der Waals surface area contributed by atoms with E-state index in [-0.39, 0.29) is 29.3 Å². The van der Waals surface area contributed by atoms with E-state index < -0.39 is 19.5 Å². The average Bonchev–Trinajstić information content (AvgIpc) is 3.03. The van der Waals surface area contributed by atoms with Crippen LogP contribution in [0.3, 0.4) is 0 Å². The zero-order valence-electron chi connectivity index (χ0n) is 12.3. The maximum atomic E-state index is 12.4. The normalized spacial score (nSPS) is 25.1. The molecule has 1 aliphatic heterocycles. The van der Waals surface area contributed by atoms with Gasteiger partial charge in [-0.2, -0.15) is 18.3 Å². The number of carbonyl (C=O) groups excluding carboxylic acids is 2. The van der Waals surface area contributed by atoms with Gasteiger partial charge in [-0.05, 0) is 12.8 Å². The molecule has 2 atom stereocenters. The van der Waals surface area contributed by atoms with Gasteiger partial charge in [0.15, 0.2) is 0 Å². The first kappa shape index (κ1) is 16.0. The highest BCUT2D eigenvalue weighted by Gasteiger charge is 2.49. The number of ether oxygens (including phenoxy) is 1. The fourth-order valence-corrected chi connectivity index (χ4v) is 3.21. The van der Waals surface area contributed by atoms with Crippen LogP contribution in [0.1, 0.15) is 25.7 Å². The lowest BCUT2D eigenvalue weighted by atomic mass is 9.81. The number of nitrogens with zero attached hydrogens (tertiary/aromatic N) is 3. The number of fused-ring (bicyclic) bond motifs is 1. The van der Waals surface area contributed by atoms with Crippen molar-refractivity contribution in [3.8, 4) is 0 Å². The summed E-state index contributed by atoms with van der Waals surface area (Å²) in [4.78, 5) is 25.9. The van der Waals surface area contributed by atoms with Crippen molar-refractivity contribution in [2.24, 2.45) is 11.8 Å². The van der Waals surface area contributed by atoms with Gasteiger partial charge >= 0.3 is 6.18 Å². The molecule has 6 nitrogen and oxygen atoms in total. The summed E-state index contributed by atoms with van der Waals surface area (Å²) >= 11 is 0. The summed E-state index contributed by atoms with van der Waals surface area (Å²) in [5.41, 5.74) is 0.282. The summed E-state index contributed by atoms with van der Waals surface area (Å²) < 4.78 is 41.7. The minimum Gasteiger partial charge on any atom is -0.350 e. The Balaban J connectivity index is 1.68. The Morgan fingerprint density at radius 2 is 1.78 bits per heavy atom. The second kappa shape index (κ2) is 5.95. The standard InChI is InChI=1S/C14H16F3N3O3/c15-14(16,17)7-23-8-19-6-9(5-18-19)20-12(21)10-3-1-2-4-11(10)13(20)22/h5-6,10-11H,1-4,7-8H2. The van der Waals surface area contributed by atoms with E-state index in [0.717, 1.165) is 22.4 Å². The molecule has 1 aliphatic carbocycles. The highest BCUT2D eigenvalue weighted by Crippen LogP contribution is 2.39. The Labute approximate surface area is 130 Å². The van der Waals surface area contributed by atoms with Crippen LogP contribution in [0.15, 0.2) is 12.4 Å². The van der Waals surface area contributed by atoms with Crippen molar-refractivity contribution in [2.75, 3.05) is 11.5 Å². The summed E-state index contributed by atoms with van der Waals surface area (Å²) in [5, 5.41) is 3.84. The van der Waals surface area contributed by atoms with Gasteiger partial charge in [-0.25, -0.2) is 9.58 Å². The first-order valence-corrected chi connectivity index (χ1v) is 7.41. The van der Waals surface area contributed by atoms with E-state index in [1.165, 1.54) is 12.4 Å². The van der Waals surface area contributed by atoms with Crippen molar-refractivity contribution in [1.82, 2.24) is 9.78 Å². The summed E-state index contributed by atoms with van der Waals surface area (Å²) in [6, 6.07) is 0. The van der Waals surface area contributed by atoms with Crippen molar-refractivity contribution >= 4 is 17.5 Å². The second-order valence-electron chi connectivity index (χ2n) is 5.84. The summed E-state index contributed by atoms with van der Waals surface area (Å²) in [5.74, 6) is -1.03. The number of hydrogen-bond donors (Lipinski definition) is 0. The van der Waals surface area contributed by atoms with Crippen LogP contribution >= 0.6 is 0 Å². The van der Waals surface area contributed by atoms with E-state index >= 15 is 0 Å². The molecule has 0 spiro atoms. The van der Waals surface area contributed by atoms with Gasteiger partial charge in [0, 0.05) is 0 Å². The van der Waals surface area contributed by atoms with Gasteiger partial charge in [-0.1, -0.05) is 12.8 Å². The number of amides is 2. The molecule has 9 heteroatoms. The quantitative estimate of drug-likeness (QED) is 0.793. The average molecular weight is 331 g/mol. The topological polar surface area (TPSA) is 64.4 Å². The van der Waals surface area contributed by atoms with Crippen LogP contribution in [0, 0.1) is 11.8 Å². The number of hydrogen-bond acceptors (Lipinski definition) is 4. The molecule has 1 aromatic rings. The van der Waals surface area contributed by atoms with Gasteiger partial charge in [0.2, 0.25) is 11.8 Å². The third-order valence-corrected chi connectivity index (χ3v) is 4.21. The molecule has 0 bridgehead atoms. The molecule has 2 amide bonds. The highest BCUT2D eigenvalue weighted by atomic mass is 19.4. The molecular formula is C14H16F3N3O3. The van der Waals surface area contributed by atoms with Crippen LogP contribution in [0.5, 0.6) is 0 Å². The van der Waals surface area contributed by atoms with Gasteiger partial charge in [0.1, 0.15) is 13.3 Å². The summed E-state index contributed by atoms with van der Waals surface area (Å²) in [6.45, 7) is -1.78. The molecule has 1 saturated carbocycles. The molecular weight excluding hydrogens is 315 g/mol. The molecule has 1 saturated heterocycles. The van der Waals surface area contributed by atoms with Crippen LogP contribution in [-0.4, -0.2) is 34.4 Å². The predicted octanol–water partition coefficient (Wildman–Crippen LogP) is 2.10. The zero-order chi connectivity index (χ0) is 16.6. The molecule has 1 aromatic heterocycles. The van der Waals surface area contributed by atoms with Crippen molar-refractivity contribution in [3.63, 3.8) is 0 Å². The van der Waals surface area contributed by atoms with Crippen LogP contribution in [0.4, 0.5) is 18.9 Å². The van der Waals surface area contributed by atoms with E-state index in [2.05, 4.69) is 9.84 Å². The van der Waals surface area contributed by atoms with E-state index in [9.17, 15) is 22.8 Å². The maximum absolute atomic E-state index is 12.4. The van der Waals surface area contributed by atoms with Gasteiger partial charge in [-0.3, -0.25) is 9.59 Å². The molecule has 2 fully saturated rings. The smallest absolute Gasteiger partial charge is 0.350 e. The fraction of sp³-hybridized carbons (Fsp3) is 0.643. The highest BCUT2D eigenvalue weighted by molar-refractivity contribution is 6.21. The number of aromatic nitrogens is 2. The van der Waals surface area contributed by atoms with Gasteiger partial charge in [0.05, 0.1) is 29.9 Å². The number of imide groups is 1. The van der Waals surface area contributed by atoms with Crippen LogP contribution in [-0.2, 0) is 21.1 Å². The Morgan fingerprint density at radius 3 is 2.35 bits per heavy atom. The minimum absolute atomic E-state index is 0.240. The van der Waals surface area contributed by atoms with Crippen molar-refractivity contribution < 1.29 is 27.5 Å². The third-order valence-electron chi connectivity index (χ3n) is 4.21. The first-order valence-electron chi connectivity index (χ1n) is 7.41. The lowest BCUT2D eigenvalue weighted by molar-refractivity contribution is -0.182. The molecule has 3 rings (SSSR count). The lowest BCUT2D eigenvalue weighted by Crippen LogP contribution is -2.30. The van der Waals surface area contributed by atoms with Crippen LogP contribution < -0.4 is 4.90 Å². The van der Waals surface area contributed by atoms with E-state index in [1.807, 2.05) is 0 Å². The predicted molar refractivity (Wildman–Crippen MR) is 72.2 cm³/mol. The van der Waals surface area contributed by atoms with Crippen LogP contribution in [0.25, 0.3) is 0 Å². The molecule has 23 heavy (non-hydrogen) atoms. The van der Waals surface area contributed by atoms with Gasteiger partial charge in [-0.15, -0.1) is 0 Å². The summed E-state index contributed by atoms with van der Waals surface area (Å²) in [7, 11) is 0. The molecule has 126 valence electrons. The number of halogens is 3. The van der Waals surface area contributed by atoms with E-state index in [0.29, 0.717) is 12.8 Å². The SMILES string of the molecule is O=C1C2CCCCC2C(=O)N1c1cnn(COCC(F)(F)F)c1. The van der Waals surface area contributed by atoms with Gasteiger partial charge in [0.25, 0.3) is 0 Å². The second-order valence-corrected chi connectivity index (χ2v) is 5.84. The fourth-order valence-electron chi connectivity index (χ4n) is 3.21. The molecule has 0 N–H and O–H groups in total. The molecule has 2 heterocycles. The number of carbonyl (C=O) groups is 2. The van der Waals surface area contributed by atoms with E-state index in [1.54, 1.807) is 0 Å². The van der Waals surface area contributed by atoms with E-state index in [4.69, 9.17) is 0 Å². The van der Waals surface area contributed by atoms with Crippen LogP contribution in [0.2, 0.25) is 0 Å². The largest absolute Gasteiger partial charge is 0.411 e. The maximum Gasteiger partial charge on any atom is 0.411 e. The first-order chi connectivity index (χ1) is 10.9. The van der Waals surface area contributed by atoms with Crippen molar-refractivity contribution in [3.05, 3.63) is 12.4 Å². The number of alkyl halides is 3. The third kappa shape index (κ3) is 3.24. The molecule has 0 radical (unpaired) electrons. The Hall–Kier alpha value is -1.90. The molecule has 2 unspecified atom stereocenters.